The number of ether oxygens (including phenoxy) is 1. The molecule has 0 aliphatic carbocycles. The number of aliphatic hydroxyl groups excluding tert-OH is 3. The lowest BCUT2D eigenvalue weighted by Gasteiger charge is -2.34. The average molecular weight is 189 g/mol. The van der Waals surface area contributed by atoms with E-state index in [1.807, 2.05) is 0 Å². The van der Waals surface area contributed by atoms with Crippen molar-refractivity contribution in [3.63, 3.8) is 0 Å². The van der Waals surface area contributed by atoms with Gasteiger partial charge in [0.2, 0.25) is 0 Å². The molecular formula is C6H11N3O4. The van der Waals surface area contributed by atoms with Crippen molar-refractivity contribution in [2.75, 3.05) is 13.2 Å². The smallest absolute Gasteiger partial charge is 0.111 e. The summed E-state index contributed by atoms with van der Waals surface area (Å²) < 4.78 is 4.95. The van der Waals surface area contributed by atoms with Crippen LogP contribution in [-0.4, -0.2) is 52.9 Å². The quantitative estimate of drug-likeness (QED) is 0.286. The van der Waals surface area contributed by atoms with Gasteiger partial charge in [-0.25, -0.2) is 0 Å². The summed E-state index contributed by atoms with van der Waals surface area (Å²) in [6.07, 6.45) is -4.28. The van der Waals surface area contributed by atoms with Gasteiger partial charge in [0, 0.05) is 4.91 Å². The van der Waals surface area contributed by atoms with Gasteiger partial charge < -0.3 is 20.1 Å². The van der Waals surface area contributed by atoms with Gasteiger partial charge in [-0.2, -0.15) is 0 Å². The van der Waals surface area contributed by atoms with E-state index in [0.717, 1.165) is 0 Å². The maximum absolute atomic E-state index is 9.32. The van der Waals surface area contributed by atoms with Crippen LogP contribution in [0.25, 0.3) is 10.4 Å². The molecule has 1 aliphatic rings. The van der Waals surface area contributed by atoms with E-state index in [1.54, 1.807) is 0 Å². The lowest BCUT2D eigenvalue weighted by Crippen LogP contribution is -2.53. The first kappa shape index (κ1) is 10.2. The second kappa shape index (κ2) is 4.40. The zero-order valence-electron chi connectivity index (χ0n) is 6.82. The van der Waals surface area contributed by atoms with E-state index < -0.39 is 24.4 Å². The minimum Gasteiger partial charge on any atom is -0.388 e. The molecule has 3 N–H and O–H groups in total. The molecular weight excluding hydrogens is 178 g/mol. The van der Waals surface area contributed by atoms with Gasteiger partial charge in [0.1, 0.15) is 18.3 Å². The Bertz CT molecular complexity index is 218. The Kier molecular flexibility index (Phi) is 3.47. The van der Waals surface area contributed by atoms with E-state index in [9.17, 15) is 10.2 Å². The first-order valence-electron chi connectivity index (χ1n) is 3.83. The SMILES string of the molecule is [N-]=[N+]=NC[C@H]1OC[C@H](O)[C@@H](O)[C@@H]1O. The number of hydrogen-bond acceptors (Lipinski definition) is 5. The van der Waals surface area contributed by atoms with Crippen LogP contribution in [0.1, 0.15) is 0 Å². The fourth-order valence-electron chi connectivity index (χ4n) is 1.14. The van der Waals surface area contributed by atoms with Crippen molar-refractivity contribution >= 4 is 0 Å². The normalized spacial score (nSPS) is 39.6. The molecule has 0 radical (unpaired) electrons. The molecule has 0 saturated carbocycles. The van der Waals surface area contributed by atoms with Crippen LogP contribution in [-0.2, 0) is 4.74 Å². The highest BCUT2D eigenvalue weighted by Crippen LogP contribution is 2.15. The number of aliphatic hydroxyl groups is 3. The minimum atomic E-state index is -1.24. The molecule has 74 valence electrons. The molecule has 0 spiro atoms. The van der Waals surface area contributed by atoms with Crippen molar-refractivity contribution in [1.82, 2.24) is 0 Å². The first-order valence-corrected chi connectivity index (χ1v) is 3.83. The lowest BCUT2D eigenvalue weighted by atomic mass is 10.0. The minimum absolute atomic E-state index is 0.0541. The topological polar surface area (TPSA) is 119 Å². The molecule has 1 heterocycles. The van der Waals surface area contributed by atoms with Crippen LogP contribution >= 0.6 is 0 Å². The van der Waals surface area contributed by atoms with Crippen LogP contribution in [0.2, 0.25) is 0 Å². The average Bonchev–Trinajstić information content (AvgIpc) is 2.13. The Morgan fingerprint density at radius 1 is 1.38 bits per heavy atom. The van der Waals surface area contributed by atoms with E-state index >= 15 is 0 Å². The Morgan fingerprint density at radius 2 is 2.08 bits per heavy atom. The predicted molar refractivity (Wildman–Crippen MR) is 41.8 cm³/mol. The molecule has 0 aromatic heterocycles. The second-order valence-corrected chi connectivity index (χ2v) is 2.83. The largest absolute Gasteiger partial charge is 0.388 e. The maximum Gasteiger partial charge on any atom is 0.111 e. The van der Waals surface area contributed by atoms with Gasteiger partial charge in [-0.15, -0.1) is 0 Å². The van der Waals surface area contributed by atoms with E-state index in [1.165, 1.54) is 0 Å². The molecule has 7 heteroatoms. The maximum atomic E-state index is 9.32. The van der Waals surface area contributed by atoms with Gasteiger partial charge in [-0.3, -0.25) is 0 Å². The summed E-state index contributed by atoms with van der Waals surface area (Å²) in [7, 11) is 0. The molecule has 1 fully saturated rings. The second-order valence-electron chi connectivity index (χ2n) is 2.83. The molecule has 13 heavy (non-hydrogen) atoms. The summed E-state index contributed by atoms with van der Waals surface area (Å²) in [6, 6.07) is 0. The highest BCUT2D eigenvalue weighted by molar-refractivity contribution is 4.87. The van der Waals surface area contributed by atoms with Gasteiger partial charge in [-0.05, 0) is 5.53 Å². The van der Waals surface area contributed by atoms with Crippen LogP contribution in [0.4, 0.5) is 0 Å². The van der Waals surface area contributed by atoms with Crippen molar-refractivity contribution in [3.8, 4) is 0 Å². The molecule has 7 nitrogen and oxygen atoms in total. The summed E-state index contributed by atoms with van der Waals surface area (Å²) in [5, 5.41) is 30.8. The summed E-state index contributed by atoms with van der Waals surface area (Å²) in [4.78, 5) is 2.50. The number of nitrogens with zero attached hydrogens (tertiary/aromatic N) is 3. The number of rotatable bonds is 2. The predicted octanol–water partition coefficient (Wildman–Crippen LogP) is -1.22. The zero-order chi connectivity index (χ0) is 9.84. The van der Waals surface area contributed by atoms with Gasteiger partial charge in [0.15, 0.2) is 0 Å². The van der Waals surface area contributed by atoms with Crippen LogP contribution in [0.5, 0.6) is 0 Å². The molecule has 0 aromatic rings. The van der Waals surface area contributed by atoms with Crippen molar-refractivity contribution < 1.29 is 20.1 Å². The van der Waals surface area contributed by atoms with E-state index in [-0.39, 0.29) is 13.2 Å². The summed E-state index contributed by atoms with van der Waals surface area (Å²) in [5.74, 6) is 0. The fraction of sp³-hybridized carbons (Fsp3) is 1.00. The van der Waals surface area contributed by atoms with Crippen molar-refractivity contribution in [1.29, 1.82) is 0 Å². The Balaban J connectivity index is 2.53. The summed E-state index contributed by atoms with van der Waals surface area (Å²) in [6.45, 7) is -0.120. The Labute approximate surface area is 74.2 Å². The Hall–Kier alpha value is -0.850. The molecule has 1 saturated heterocycles. The third-order valence-corrected chi connectivity index (χ3v) is 1.93. The highest BCUT2D eigenvalue weighted by atomic mass is 16.5. The first-order chi connectivity index (χ1) is 6.16. The third-order valence-electron chi connectivity index (χ3n) is 1.93. The molecule has 4 atom stereocenters. The van der Waals surface area contributed by atoms with E-state index in [2.05, 4.69) is 10.0 Å². The van der Waals surface area contributed by atoms with Gasteiger partial charge in [0.25, 0.3) is 0 Å². The number of azide groups is 1. The molecule has 0 unspecified atom stereocenters. The fourth-order valence-corrected chi connectivity index (χ4v) is 1.14. The van der Waals surface area contributed by atoms with Crippen LogP contribution in [0.3, 0.4) is 0 Å². The van der Waals surface area contributed by atoms with Crippen molar-refractivity contribution in [2.24, 2.45) is 5.11 Å². The molecule has 0 aromatic carbocycles. The van der Waals surface area contributed by atoms with E-state index in [0.29, 0.717) is 0 Å². The standard InChI is InChI=1S/C6H11N3O4/c7-9-8-1-4-6(12)5(11)3(10)2-13-4/h3-6,10-12H,1-2H2/t3-,4+,5+,6+/m0/s1. The molecule has 1 aliphatic heterocycles. The Morgan fingerprint density at radius 3 is 2.69 bits per heavy atom. The van der Waals surface area contributed by atoms with Crippen LogP contribution in [0.15, 0.2) is 5.11 Å². The highest BCUT2D eigenvalue weighted by Gasteiger charge is 2.36. The van der Waals surface area contributed by atoms with Gasteiger partial charge >= 0.3 is 0 Å². The molecule has 0 bridgehead atoms. The third kappa shape index (κ3) is 2.30. The van der Waals surface area contributed by atoms with Crippen LogP contribution < -0.4 is 0 Å². The monoisotopic (exact) mass is 189 g/mol. The molecule has 0 amide bonds. The van der Waals surface area contributed by atoms with Crippen LogP contribution in [0, 0.1) is 0 Å². The van der Waals surface area contributed by atoms with Gasteiger partial charge in [0.05, 0.1) is 19.3 Å². The van der Waals surface area contributed by atoms with Crippen molar-refractivity contribution in [2.45, 2.75) is 24.4 Å². The lowest BCUT2D eigenvalue weighted by molar-refractivity contribution is -0.183. The van der Waals surface area contributed by atoms with Crippen molar-refractivity contribution in [3.05, 3.63) is 10.4 Å². The zero-order valence-corrected chi connectivity index (χ0v) is 6.82. The summed E-state index contributed by atoms with van der Waals surface area (Å²) >= 11 is 0. The summed E-state index contributed by atoms with van der Waals surface area (Å²) in [5.41, 5.74) is 8.01. The van der Waals surface area contributed by atoms with E-state index in [4.69, 9.17) is 15.4 Å². The number of hydrogen-bond donors (Lipinski definition) is 3. The van der Waals surface area contributed by atoms with Gasteiger partial charge in [-0.1, -0.05) is 5.11 Å². The molecule has 1 rings (SSSR count).